The van der Waals surface area contributed by atoms with Crippen LogP contribution in [0.15, 0.2) is 59.3 Å². The van der Waals surface area contributed by atoms with Gasteiger partial charge in [0.2, 0.25) is 0 Å². The van der Waals surface area contributed by atoms with E-state index in [-0.39, 0.29) is 18.4 Å². The molecule has 1 aromatic heterocycles. The summed E-state index contributed by atoms with van der Waals surface area (Å²) < 4.78 is 10.8. The largest absolute Gasteiger partial charge is 0.484 e. The number of carbonyl (C=O) groups excluding carboxylic acids is 2. The fourth-order valence-corrected chi connectivity index (χ4v) is 3.08. The van der Waals surface area contributed by atoms with Crippen LogP contribution in [-0.2, 0) is 4.79 Å². The lowest BCUT2D eigenvalue weighted by atomic mass is 10.1. The minimum atomic E-state index is -0.0750. The number of para-hydroxylation sites is 1. The van der Waals surface area contributed by atoms with Gasteiger partial charge in [-0.15, -0.1) is 0 Å². The lowest BCUT2D eigenvalue weighted by Gasteiger charge is -2.34. The Labute approximate surface area is 156 Å². The van der Waals surface area contributed by atoms with E-state index in [9.17, 15) is 9.59 Å². The Morgan fingerprint density at radius 2 is 1.74 bits per heavy atom. The molecule has 0 unspecified atom stereocenters. The summed E-state index contributed by atoms with van der Waals surface area (Å²) in [5.41, 5.74) is 1.87. The van der Waals surface area contributed by atoms with E-state index in [1.54, 1.807) is 28.0 Å². The summed E-state index contributed by atoms with van der Waals surface area (Å²) in [6, 6.07) is 14.5. The van der Waals surface area contributed by atoms with Gasteiger partial charge in [-0.1, -0.05) is 18.2 Å². The van der Waals surface area contributed by atoms with Crippen molar-refractivity contribution in [2.45, 2.75) is 0 Å². The van der Waals surface area contributed by atoms with Crippen molar-refractivity contribution in [1.82, 2.24) is 14.8 Å². The molecule has 0 bridgehead atoms. The maximum atomic E-state index is 12.7. The lowest BCUT2D eigenvalue weighted by Crippen LogP contribution is -2.51. The predicted octanol–water partition coefficient (Wildman–Crippen LogP) is 2.19. The highest BCUT2D eigenvalue weighted by Gasteiger charge is 2.25. The maximum Gasteiger partial charge on any atom is 0.260 e. The van der Waals surface area contributed by atoms with Gasteiger partial charge < -0.3 is 19.0 Å². The molecule has 2 aromatic carbocycles. The third kappa shape index (κ3) is 3.76. The van der Waals surface area contributed by atoms with Gasteiger partial charge >= 0.3 is 0 Å². The number of amides is 2. The van der Waals surface area contributed by atoms with Crippen molar-refractivity contribution in [2.75, 3.05) is 32.8 Å². The van der Waals surface area contributed by atoms with E-state index in [4.69, 9.17) is 9.15 Å². The monoisotopic (exact) mass is 365 g/mol. The van der Waals surface area contributed by atoms with Crippen LogP contribution in [0.5, 0.6) is 5.75 Å². The predicted molar refractivity (Wildman–Crippen MR) is 98.4 cm³/mol. The molecule has 1 aliphatic heterocycles. The summed E-state index contributed by atoms with van der Waals surface area (Å²) in [4.78, 5) is 32.5. The van der Waals surface area contributed by atoms with E-state index in [0.29, 0.717) is 43.1 Å². The molecule has 138 valence electrons. The molecule has 7 nitrogen and oxygen atoms in total. The number of ether oxygens (including phenoxy) is 1. The molecule has 0 spiro atoms. The number of piperazine rings is 1. The summed E-state index contributed by atoms with van der Waals surface area (Å²) in [6.45, 7) is 1.97. The molecular formula is C20H19N3O4. The first-order valence-corrected chi connectivity index (χ1v) is 8.79. The van der Waals surface area contributed by atoms with Gasteiger partial charge in [0.05, 0.1) is 0 Å². The van der Waals surface area contributed by atoms with Crippen LogP contribution in [0.25, 0.3) is 11.1 Å². The van der Waals surface area contributed by atoms with Gasteiger partial charge in [-0.05, 0) is 30.3 Å². The molecule has 0 aliphatic carbocycles. The Hall–Kier alpha value is -3.35. The summed E-state index contributed by atoms with van der Waals surface area (Å²) in [5, 5.41) is 0. The van der Waals surface area contributed by atoms with Crippen LogP contribution in [0.4, 0.5) is 0 Å². The minimum absolute atomic E-state index is 0.000120. The summed E-state index contributed by atoms with van der Waals surface area (Å²) >= 11 is 0. The molecule has 0 radical (unpaired) electrons. The van der Waals surface area contributed by atoms with E-state index in [0.717, 1.165) is 5.52 Å². The fraction of sp³-hybridized carbons (Fsp3) is 0.250. The Morgan fingerprint density at radius 1 is 1.00 bits per heavy atom. The van der Waals surface area contributed by atoms with Crippen LogP contribution >= 0.6 is 0 Å². The number of oxazole rings is 1. The third-order valence-electron chi connectivity index (χ3n) is 4.60. The summed E-state index contributed by atoms with van der Waals surface area (Å²) in [6.07, 6.45) is 1.36. The van der Waals surface area contributed by atoms with Crippen LogP contribution in [0.2, 0.25) is 0 Å². The van der Waals surface area contributed by atoms with E-state index in [1.807, 2.05) is 30.3 Å². The zero-order valence-electron chi connectivity index (χ0n) is 14.7. The van der Waals surface area contributed by atoms with Gasteiger partial charge in [0.15, 0.2) is 18.6 Å². The number of rotatable bonds is 4. The molecule has 2 heterocycles. The summed E-state index contributed by atoms with van der Waals surface area (Å²) in [5.74, 6) is 0.525. The number of hydrogen-bond acceptors (Lipinski definition) is 5. The van der Waals surface area contributed by atoms with Gasteiger partial charge in [0.1, 0.15) is 11.3 Å². The smallest absolute Gasteiger partial charge is 0.260 e. The van der Waals surface area contributed by atoms with Gasteiger partial charge in [0.25, 0.3) is 11.8 Å². The van der Waals surface area contributed by atoms with Crippen molar-refractivity contribution in [2.24, 2.45) is 0 Å². The molecule has 1 aliphatic rings. The highest BCUT2D eigenvalue weighted by molar-refractivity contribution is 5.97. The van der Waals surface area contributed by atoms with Crippen molar-refractivity contribution in [3.8, 4) is 5.75 Å². The van der Waals surface area contributed by atoms with Crippen LogP contribution in [0.1, 0.15) is 10.4 Å². The number of aromatic nitrogens is 1. The first kappa shape index (κ1) is 17.1. The molecule has 3 aromatic rings. The average Bonchev–Trinajstić information content (AvgIpc) is 3.20. The number of benzene rings is 2. The number of carbonyl (C=O) groups is 2. The Balaban J connectivity index is 1.31. The number of hydrogen-bond donors (Lipinski definition) is 0. The van der Waals surface area contributed by atoms with Gasteiger partial charge in [0, 0.05) is 31.7 Å². The number of nitrogens with zero attached hydrogens (tertiary/aromatic N) is 3. The summed E-state index contributed by atoms with van der Waals surface area (Å²) in [7, 11) is 0. The van der Waals surface area contributed by atoms with Crippen LogP contribution in [-0.4, -0.2) is 59.4 Å². The molecule has 2 amide bonds. The molecule has 0 atom stereocenters. The second-order valence-electron chi connectivity index (χ2n) is 6.31. The van der Waals surface area contributed by atoms with Gasteiger partial charge in [-0.3, -0.25) is 9.59 Å². The standard InChI is InChI=1S/C20H19N3O4/c24-19(13-26-16-4-2-1-3-5-16)22-8-10-23(11-9-22)20(25)15-6-7-17-18(12-15)27-14-21-17/h1-7,12,14H,8-11,13H2. The van der Waals surface area contributed by atoms with Crippen molar-refractivity contribution in [3.05, 3.63) is 60.5 Å². The number of fused-ring (bicyclic) bond motifs is 1. The van der Waals surface area contributed by atoms with Gasteiger partial charge in [-0.25, -0.2) is 4.98 Å². The third-order valence-corrected chi connectivity index (χ3v) is 4.60. The molecule has 0 saturated carbocycles. The molecule has 7 heteroatoms. The highest BCUT2D eigenvalue weighted by atomic mass is 16.5. The molecule has 4 rings (SSSR count). The van der Waals surface area contributed by atoms with Crippen molar-refractivity contribution >= 4 is 22.9 Å². The van der Waals surface area contributed by atoms with Crippen molar-refractivity contribution in [1.29, 1.82) is 0 Å². The zero-order chi connectivity index (χ0) is 18.6. The van der Waals surface area contributed by atoms with Gasteiger partial charge in [-0.2, -0.15) is 0 Å². The van der Waals surface area contributed by atoms with E-state index < -0.39 is 0 Å². The first-order valence-electron chi connectivity index (χ1n) is 8.79. The maximum absolute atomic E-state index is 12.7. The first-order chi connectivity index (χ1) is 13.2. The normalized spacial score (nSPS) is 14.4. The van der Waals surface area contributed by atoms with Crippen LogP contribution in [0.3, 0.4) is 0 Å². The van der Waals surface area contributed by atoms with E-state index in [1.165, 1.54) is 6.39 Å². The Bertz CT molecular complexity index is 946. The van der Waals surface area contributed by atoms with E-state index >= 15 is 0 Å². The SMILES string of the molecule is O=C(COc1ccccc1)N1CCN(C(=O)c2ccc3ncoc3c2)CC1. The Morgan fingerprint density at radius 3 is 2.52 bits per heavy atom. The molecule has 1 saturated heterocycles. The minimum Gasteiger partial charge on any atom is -0.484 e. The van der Waals surface area contributed by atoms with E-state index in [2.05, 4.69) is 4.98 Å². The highest BCUT2D eigenvalue weighted by Crippen LogP contribution is 2.17. The van der Waals surface area contributed by atoms with Crippen molar-refractivity contribution in [3.63, 3.8) is 0 Å². The molecule has 1 fully saturated rings. The molecule has 0 N–H and O–H groups in total. The lowest BCUT2D eigenvalue weighted by molar-refractivity contribution is -0.134. The Kier molecular flexibility index (Phi) is 4.74. The van der Waals surface area contributed by atoms with Crippen LogP contribution < -0.4 is 4.74 Å². The second-order valence-corrected chi connectivity index (χ2v) is 6.31. The molecule has 27 heavy (non-hydrogen) atoms. The van der Waals surface area contributed by atoms with Crippen molar-refractivity contribution < 1.29 is 18.7 Å². The van der Waals surface area contributed by atoms with Crippen LogP contribution in [0, 0.1) is 0 Å². The quantitative estimate of drug-likeness (QED) is 0.708. The topological polar surface area (TPSA) is 75.9 Å². The fourth-order valence-electron chi connectivity index (χ4n) is 3.08. The zero-order valence-corrected chi connectivity index (χ0v) is 14.7. The second kappa shape index (κ2) is 7.49. The average molecular weight is 365 g/mol. The molecular weight excluding hydrogens is 346 g/mol.